The van der Waals surface area contributed by atoms with Crippen LogP contribution < -0.4 is 0 Å². The lowest BCUT2D eigenvalue weighted by Crippen LogP contribution is -2.47. The van der Waals surface area contributed by atoms with Gasteiger partial charge in [-0.15, -0.1) is 11.8 Å². The number of benzene rings is 3. The summed E-state index contributed by atoms with van der Waals surface area (Å²) in [5.74, 6) is -3.14. The first-order chi connectivity index (χ1) is 16.0. The highest BCUT2D eigenvalue weighted by Gasteiger charge is 2.46. The Labute approximate surface area is 198 Å². The quantitative estimate of drug-likeness (QED) is 0.333. The van der Waals surface area contributed by atoms with Crippen LogP contribution in [0.2, 0.25) is 0 Å². The lowest BCUT2D eigenvalue weighted by atomic mass is 9.75. The van der Waals surface area contributed by atoms with Gasteiger partial charge in [0.15, 0.2) is 11.6 Å². The molecule has 0 aliphatic carbocycles. The van der Waals surface area contributed by atoms with Crippen molar-refractivity contribution in [1.29, 1.82) is 0 Å². The number of allylic oxidation sites excluding steroid dienone is 2. The molecule has 34 heavy (non-hydrogen) atoms. The summed E-state index contributed by atoms with van der Waals surface area (Å²) in [6.07, 6.45) is -4.84. The van der Waals surface area contributed by atoms with Crippen LogP contribution in [0.1, 0.15) is 36.1 Å². The molecular weight excluding hydrogens is 472 g/mol. The molecule has 1 heterocycles. The van der Waals surface area contributed by atoms with Crippen molar-refractivity contribution in [3.8, 4) is 0 Å². The van der Waals surface area contributed by atoms with Crippen LogP contribution in [0.25, 0.3) is 0 Å². The highest BCUT2D eigenvalue weighted by molar-refractivity contribution is 8.03. The molecular formula is C26H21F6NS. The second kappa shape index (κ2) is 9.06. The maximum absolute atomic E-state index is 15.5. The topological polar surface area (TPSA) is 3.24 Å². The Morgan fingerprint density at radius 3 is 2.15 bits per heavy atom. The minimum atomic E-state index is -4.82. The van der Waals surface area contributed by atoms with E-state index in [-0.39, 0.29) is 23.4 Å². The van der Waals surface area contributed by atoms with Crippen LogP contribution in [0.4, 0.5) is 26.3 Å². The summed E-state index contributed by atoms with van der Waals surface area (Å²) in [7, 11) is 0. The molecule has 0 saturated heterocycles. The Hall–Kier alpha value is -2.87. The van der Waals surface area contributed by atoms with E-state index in [0.29, 0.717) is 17.3 Å². The summed E-state index contributed by atoms with van der Waals surface area (Å²) in [6, 6.07) is 14.6. The molecule has 0 spiro atoms. The third kappa shape index (κ3) is 4.31. The first kappa shape index (κ1) is 24.3. The summed E-state index contributed by atoms with van der Waals surface area (Å²) in [5, 5.41) is 0. The number of halogens is 6. The summed E-state index contributed by atoms with van der Waals surface area (Å²) in [4.78, 5) is 2.63. The number of hydrogen-bond acceptors (Lipinski definition) is 2. The van der Waals surface area contributed by atoms with Crippen LogP contribution in [0.15, 0.2) is 77.3 Å². The molecule has 8 heteroatoms. The lowest BCUT2D eigenvalue weighted by Gasteiger charge is -2.45. The third-order valence-electron chi connectivity index (χ3n) is 6.19. The van der Waals surface area contributed by atoms with Gasteiger partial charge in [0, 0.05) is 22.6 Å². The predicted molar refractivity (Wildman–Crippen MR) is 121 cm³/mol. The van der Waals surface area contributed by atoms with Crippen molar-refractivity contribution in [2.24, 2.45) is 0 Å². The second-order valence-corrected chi connectivity index (χ2v) is 9.35. The standard InChI is InChI=1S/C26H21F6NS/c1-16-17(2)34-15-33(16)25(14-18-7-4-3-5-8-18,22-9-6-10-23(28)24(22)29)19-11-20(26(30,31)32)13-21(27)12-19/h3-13H,14-15H2,1-2H3. The normalized spacial score (nSPS) is 16.2. The molecule has 0 fully saturated rings. The van der Waals surface area contributed by atoms with Crippen LogP contribution in [0, 0.1) is 17.5 Å². The molecule has 0 bridgehead atoms. The van der Waals surface area contributed by atoms with Gasteiger partial charge in [-0.1, -0.05) is 42.5 Å². The van der Waals surface area contributed by atoms with E-state index in [0.717, 1.165) is 23.1 Å². The number of nitrogens with zero attached hydrogens (tertiary/aromatic N) is 1. The number of rotatable bonds is 5. The Kier molecular flexibility index (Phi) is 6.46. The van der Waals surface area contributed by atoms with Crippen molar-refractivity contribution >= 4 is 11.8 Å². The van der Waals surface area contributed by atoms with Crippen molar-refractivity contribution in [2.45, 2.75) is 32.0 Å². The fourth-order valence-electron chi connectivity index (χ4n) is 4.41. The van der Waals surface area contributed by atoms with E-state index in [1.54, 1.807) is 42.2 Å². The van der Waals surface area contributed by atoms with Crippen LogP contribution in [-0.4, -0.2) is 10.8 Å². The van der Waals surface area contributed by atoms with Crippen molar-refractivity contribution in [2.75, 3.05) is 5.88 Å². The fourth-order valence-corrected chi connectivity index (χ4v) is 5.46. The zero-order chi connectivity index (χ0) is 24.7. The first-order valence-electron chi connectivity index (χ1n) is 10.5. The van der Waals surface area contributed by atoms with E-state index >= 15 is 4.39 Å². The zero-order valence-electron chi connectivity index (χ0n) is 18.4. The SMILES string of the molecule is CC1=C(C)N(C(Cc2ccccc2)(c2cc(F)cc(C(F)(F)F)c2)c2cccc(F)c2F)CS1. The average Bonchev–Trinajstić information content (AvgIpc) is 3.12. The zero-order valence-corrected chi connectivity index (χ0v) is 19.2. The molecule has 0 radical (unpaired) electrons. The van der Waals surface area contributed by atoms with Gasteiger partial charge in [0.05, 0.1) is 17.0 Å². The smallest absolute Gasteiger partial charge is 0.351 e. The van der Waals surface area contributed by atoms with Gasteiger partial charge in [-0.3, -0.25) is 0 Å². The van der Waals surface area contributed by atoms with E-state index in [9.17, 15) is 22.0 Å². The molecule has 1 aliphatic rings. The summed E-state index contributed by atoms with van der Waals surface area (Å²) >= 11 is 1.44. The molecule has 0 aromatic heterocycles. The van der Waals surface area contributed by atoms with Crippen LogP contribution >= 0.6 is 11.8 Å². The first-order valence-corrected chi connectivity index (χ1v) is 11.5. The minimum absolute atomic E-state index is 0.0137. The van der Waals surface area contributed by atoms with Gasteiger partial charge >= 0.3 is 6.18 Å². The molecule has 3 aromatic rings. The molecule has 0 N–H and O–H groups in total. The van der Waals surface area contributed by atoms with Gasteiger partial charge in [0.1, 0.15) is 5.82 Å². The highest BCUT2D eigenvalue weighted by Crippen LogP contribution is 2.49. The van der Waals surface area contributed by atoms with E-state index in [4.69, 9.17) is 0 Å². The molecule has 1 atom stereocenters. The van der Waals surface area contributed by atoms with Gasteiger partial charge < -0.3 is 4.90 Å². The summed E-state index contributed by atoms with van der Waals surface area (Å²) in [5.41, 5.74) is -1.74. The van der Waals surface area contributed by atoms with Gasteiger partial charge in [-0.05, 0) is 49.2 Å². The highest BCUT2D eigenvalue weighted by atomic mass is 32.2. The molecule has 178 valence electrons. The molecule has 1 aliphatic heterocycles. The van der Waals surface area contributed by atoms with Crippen LogP contribution in [0.3, 0.4) is 0 Å². The van der Waals surface area contributed by atoms with Gasteiger partial charge in [-0.2, -0.15) is 13.2 Å². The maximum atomic E-state index is 15.5. The monoisotopic (exact) mass is 493 g/mol. The van der Waals surface area contributed by atoms with Crippen LogP contribution in [-0.2, 0) is 18.1 Å². The van der Waals surface area contributed by atoms with Gasteiger partial charge in [-0.25, -0.2) is 13.2 Å². The fraction of sp³-hybridized carbons (Fsp3) is 0.231. The van der Waals surface area contributed by atoms with E-state index in [2.05, 4.69) is 0 Å². The van der Waals surface area contributed by atoms with E-state index < -0.39 is 34.7 Å². The Bertz CT molecular complexity index is 1240. The predicted octanol–water partition coefficient (Wildman–Crippen LogP) is 7.87. The third-order valence-corrected chi connectivity index (χ3v) is 7.30. The van der Waals surface area contributed by atoms with E-state index in [1.165, 1.54) is 23.9 Å². The molecule has 1 nitrogen and oxygen atoms in total. The van der Waals surface area contributed by atoms with Crippen molar-refractivity contribution in [1.82, 2.24) is 4.90 Å². The minimum Gasteiger partial charge on any atom is -0.351 e. The van der Waals surface area contributed by atoms with Crippen LogP contribution in [0.5, 0.6) is 0 Å². The Morgan fingerprint density at radius 1 is 0.853 bits per heavy atom. The number of thioether (sulfide) groups is 1. The molecule has 0 saturated carbocycles. The van der Waals surface area contributed by atoms with E-state index in [1.807, 2.05) is 6.92 Å². The molecule has 0 amide bonds. The second-order valence-electron chi connectivity index (χ2n) is 8.19. The molecule has 1 unspecified atom stereocenters. The summed E-state index contributed by atoms with van der Waals surface area (Å²) in [6.45, 7) is 3.62. The van der Waals surface area contributed by atoms with Crippen molar-refractivity contribution < 1.29 is 26.3 Å². The molecule has 3 aromatic carbocycles. The van der Waals surface area contributed by atoms with Gasteiger partial charge in [0.2, 0.25) is 0 Å². The number of alkyl halides is 3. The van der Waals surface area contributed by atoms with Crippen molar-refractivity contribution in [3.63, 3.8) is 0 Å². The summed E-state index contributed by atoms with van der Waals surface area (Å²) < 4.78 is 85.7. The van der Waals surface area contributed by atoms with Crippen molar-refractivity contribution in [3.05, 3.63) is 117 Å². The average molecular weight is 494 g/mol. The lowest BCUT2D eigenvalue weighted by molar-refractivity contribution is -0.137. The largest absolute Gasteiger partial charge is 0.416 e. The van der Waals surface area contributed by atoms with Gasteiger partial charge in [0.25, 0.3) is 0 Å². The molecule has 4 rings (SSSR count). The Morgan fingerprint density at radius 2 is 1.53 bits per heavy atom. The number of hydrogen-bond donors (Lipinski definition) is 0. The maximum Gasteiger partial charge on any atom is 0.416 e. The Balaban J connectivity index is 2.11.